The van der Waals surface area contributed by atoms with Gasteiger partial charge in [-0.05, 0) is 57.8 Å². The third kappa shape index (κ3) is 5.69. The van der Waals surface area contributed by atoms with Gasteiger partial charge >= 0.3 is 0 Å². The Bertz CT molecular complexity index is 1210. The number of rotatable bonds is 8. The van der Waals surface area contributed by atoms with Crippen LogP contribution in [0.25, 0.3) is 0 Å². The van der Waals surface area contributed by atoms with Crippen molar-refractivity contribution in [3.05, 3.63) is 58.3 Å². The van der Waals surface area contributed by atoms with Gasteiger partial charge in [0.05, 0.1) is 17.0 Å². The van der Waals surface area contributed by atoms with E-state index in [4.69, 9.17) is 0 Å². The quantitative estimate of drug-likeness (QED) is 0.572. The number of aryl methyl sites for hydroxylation is 2. The molecular weight excluding hydrogens is 452 g/mol. The first-order chi connectivity index (χ1) is 16.2. The van der Waals surface area contributed by atoms with Crippen LogP contribution in [-0.2, 0) is 20.6 Å². The van der Waals surface area contributed by atoms with Gasteiger partial charge in [0.25, 0.3) is 0 Å². The first-order valence-electron chi connectivity index (χ1n) is 11.5. The fraction of sp³-hybridized carbons (Fsp3) is 0.440. The molecule has 0 bridgehead atoms. The van der Waals surface area contributed by atoms with Crippen LogP contribution < -0.4 is 9.62 Å². The van der Waals surface area contributed by atoms with E-state index in [0.29, 0.717) is 47.9 Å². The van der Waals surface area contributed by atoms with E-state index >= 15 is 0 Å². The van der Waals surface area contributed by atoms with Gasteiger partial charge in [-0.2, -0.15) is 9.57 Å². The summed E-state index contributed by atoms with van der Waals surface area (Å²) in [6.07, 6.45) is 1.90. The van der Waals surface area contributed by atoms with Crippen molar-refractivity contribution in [2.45, 2.75) is 52.2 Å². The number of sulfonamides is 1. The summed E-state index contributed by atoms with van der Waals surface area (Å²) in [6, 6.07) is 10.3. The zero-order valence-corrected chi connectivity index (χ0v) is 20.6. The molecule has 1 aromatic heterocycles. The molecule has 34 heavy (non-hydrogen) atoms. The highest BCUT2D eigenvalue weighted by atomic mass is 32.2. The molecule has 1 amide bonds. The summed E-state index contributed by atoms with van der Waals surface area (Å²) in [6.45, 7) is 6.57. The Labute approximate surface area is 201 Å². The predicted molar refractivity (Wildman–Crippen MR) is 130 cm³/mol. The number of ketones is 1. The number of Topliss-reactive ketones (excluding diaryl/α,β-unsaturated/α-hetero) is 1. The number of carbonyl (C=O) groups excluding carboxylic acids is 2. The average Bonchev–Trinajstić information content (AvgIpc) is 2.81. The van der Waals surface area contributed by atoms with Gasteiger partial charge in [-0.25, -0.2) is 13.4 Å². The van der Waals surface area contributed by atoms with Gasteiger partial charge in [-0.3, -0.25) is 9.59 Å². The number of hydrogen-bond donors (Lipinski definition) is 1. The highest BCUT2D eigenvalue weighted by molar-refractivity contribution is 7.92. The van der Waals surface area contributed by atoms with Crippen LogP contribution in [-0.4, -0.2) is 38.2 Å². The fourth-order valence-electron chi connectivity index (χ4n) is 4.04. The number of anilines is 1. The minimum atomic E-state index is -4.22. The molecule has 1 fully saturated rings. The summed E-state index contributed by atoms with van der Waals surface area (Å²) in [4.78, 5) is 30.5. The van der Waals surface area contributed by atoms with Crippen molar-refractivity contribution in [3.8, 4) is 6.07 Å². The first kappa shape index (κ1) is 25.5. The number of nitriles is 1. The zero-order valence-electron chi connectivity index (χ0n) is 19.8. The van der Waals surface area contributed by atoms with Crippen molar-refractivity contribution in [3.63, 3.8) is 0 Å². The van der Waals surface area contributed by atoms with E-state index in [9.17, 15) is 23.3 Å². The van der Waals surface area contributed by atoms with Gasteiger partial charge in [0.2, 0.25) is 15.9 Å². The van der Waals surface area contributed by atoms with Crippen molar-refractivity contribution in [2.75, 3.05) is 17.4 Å². The third-order valence-electron chi connectivity index (χ3n) is 5.92. The third-order valence-corrected chi connectivity index (χ3v) is 7.53. The van der Waals surface area contributed by atoms with Gasteiger partial charge in [-0.15, -0.1) is 0 Å². The Morgan fingerprint density at radius 2 is 1.82 bits per heavy atom. The van der Waals surface area contributed by atoms with Crippen LogP contribution in [0, 0.1) is 31.1 Å². The number of amides is 1. The highest BCUT2D eigenvalue weighted by Crippen LogP contribution is 2.29. The molecule has 3 rings (SSSR count). The number of piperidine rings is 1. The number of benzene rings is 1. The number of carbonyl (C=O) groups is 2. The molecule has 0 radical (unpaired) electrons. The van der Waals surface area contributed by atoms with Crippen LogP contribution in [0.2, 0.25) is 0 Å². The second-order valence-corrected chi connectivity index (χ2v) is 10.5. The fourth-order valence-corrected chi connectivity index (χ4v) is 5.61. The van der Waals surface area contributed by atoms with Crippen LogP contribution in [0.4, 0.5) is 5.82 Å². The topological polar surface area (TPSA) is 120 Å². The minimum absolute atomic E-state index is 0.111. The molecule has 0 atom stereocenters. The highest BCUT2D eigenvalue weighted by Gasteiger charge is 2.37. The summed E-state index contributed by atoms with van der Waals surface area (Å²) >= 11 is 0. The van der Waals surface area contributed by atoms with Crippen LogP contribution in [0.5, 0.6) is 0 Å². The lowest BCUT2D eigenvalue weighted by atomic mass is 9.97. The molecule has 0 aliphatic carbocycles. The number of aromatic nitrogens is 1. The molecule has 180 valence electrons. The van der Waals surface area contributed by atoms with Gasteiger partial charge in [-0.1, -0.05) is 36.8 Å². The molecule has 9 heteroatoms. The van der Waals surface area contributed by atoms with Gasteiger partial charge in [0.1, 0.15) is 6.07 Å². The lowest BCUT2D eigenvalue weighted by Gasteiger charge is -2.29. The summed E-state index contributed by atoms with van der Waals surface area (Å²) in [5.41, 5.74) is 1.96. The maximum Gasteiger partial charge on any atom is 0.247 e. The Morgan fingerprint density at radius 1 is 1.18 bits per heavy atom. The minimum Gasteiger partial charge on any atom is -0.317 e. The molecule has 1 aromatic carbocycles. The maximum absolute atomic E-state index is 13.6. The molecule has 1 aliphatic heterocycles. The summed E-state index contributed by atoms with van der Waals surface area (Å²) in [7, 11) is -4.22. The van der Waals surface area contributed by atoms with E-state index in [1.165, 1.54) is 6.07 Å². The van der Waals surface area contributed by atoms with Crippen molar-refractivity contribution >= 4 is 27.5 Å². The summed E-state index contributed by atoms with van der Waals surface area (Å²) in [5.74, 6) is -1.92. The van der Waals surface area contributed by atoms with E-state index in [0.717, 1.165) is 5.56 Å². The second kappa shape index (κ2) is 10.9. The molecule has 0 unspecified atom stereocenters. The molecule has 2 aromatic rings. The number of nitrogens with zero attached hydrogens (tertiary/aromatic N) is 3. The molecule has 2 heterocycles. The van der Waals surface area contributed by atoms with Crippen molar-refractivity contribution in [2.24, 2.45) is 5.92 Å². The van der Waals surface area contributed by atoms with Crippen molar-refractivity contribution < 1.29 is 18.0 Å². The molecular formula is C25H30N4O4S. The Morgan fingerprint density at radius 3 is 2.41 bits per heavy atom. The van der Waals surface area contributed by atoms with Crippen LogP contribution in [0.1, 0.15) is 65.3 Å². The average molecular weight is 483 g/mol. The smallest absolute Gasteiger partial charge is 0.247 e. The largest absolute Gasteiger partial charge is 0.317 e. The lowest BCUT2D eigenvalue weighted by molar-refractivity contribution is -0.121. The summed E-state index contributed by atoms with van der Waals surface area (Å²) < 4.78 is 28.0. The second-order valence-electron chi connectivity index (χ2n) is 8.65. The van der Waals surface area contributed by atoms with Crippen LogP contribution >= 0.6 is 0 Å². The van der Waals surface area contributed by atoms with E-state index in [1.54, 1.807) is 31.2 Å². The Kier molecular flexibility index (Phi) is 8.18. The number of hydrogen-bond acceptors (Lipinski definition) is 7. The van der Waals surface area contributed by atoms with Crippen LogP contribution in [0.3, 0.4) is 0 Å². The molecule has 0 spiro atoms. The van der Waals surface area contributed by atoms with Crippen LogP contribution in [0.15, 0.2) is 30.3 Å². The first-order valence-corrected chi connectivity index (χ1v) is 13.1. The maximum atomic E-state index is 13.6. The molecule has 0 saturated carbocycles. The van der Waals surface area contributed by atoms with E-state index in [1.807, 2.05) is 19.9 Å². The molecule has 1 aliphatic rings. The van der Waals surface area contributed by atoms with E-state index < -0.39 is 27.6 Å². The monoisotopic (exact) mass is 482 g/mol. The molecule has 1 saturated heterocycles. The predicted octanol–water partition coefficient (Wildman–Crippen LogP) is 3.42. The van der Waals surface area contributed by atoms with E-state index in [2.05, 4.69) is 10.3 Å². The summed E-state index contributed by atoms with van der Waals surface area (Å²) in [5, 5.41) is 13.0. The molecule has 1 N–H and O–H groups in total. The standard InChI is InChI=1S/C25H30N4O4S/c1-4-5-23(30)22-14-21(15-26)24(28-18(22)3)29(25(31)20-10-12-27-13-11-20)34(32,33)16-19-8-6-17(2)7-9-19/h6-9,14,20,27H,4-5,10-13,16H2,1-3H3. The lowest BCUT2D eigenvalue weighted by Crippen LogP contribution is -2.45. The SMILES string of the molecule is CCCC(=O)c1cc(C#N)c(N(C(=O)C2CCNCC2)S(=O)(=O)Cc2ccc(C)cc2)nc1C. The Balaban J connectivity index is 2.12. The molecule has 8 nitrogen and oxygen atoms in total. The van der Waals surface area contributed by atoms with Gasteiger partial charge in [0.15, 0.2) is 11.6 Å². The zero-order chi connectivity index (χ0) is 24.9. The van der Waals surface area contributed by atoms with Gasteiger partial charge < -0.3 is 5.32 Å². The number of nitrogens with one attached hydrogen (secondary N) is 1. The van der Waals surface area contributed by atoms with Crippen molar-refractivity contribution in [1.82, 2.24) is 10.3 Å². The van der Waals surface area contributed by atoms with E-state index in [-0.39, 0.29) is 29.1 Å². The normalized spacial score (nSPS) is 14.4. The van der Waals surface area contributed by atoms with Gasteiger partial charge in [0, 0.05) is 17.9 Å². The number of pyridine rings is 1. The Hall–Kier alpha value is -3.09. The van der Waals surface area contributed by atoms with Crippen molar-refractivity contribution in [1.29, 1.82) is 5.26 Å².